The van der Waals surface area contributed by atoms with Crippen molar-refractivity contribution in [2.75, 3.05) is 26.3 Å². The summed E-state index contributed by atoms with van der Waals surface area (Å²) < 4.78 is 5.20. The van der Waals surface area contributed by atoms with Gasteiger partial charge in [-0.3, -0.25) is 10.00 Å². The van der Waals surface area contributed by atoms with E-state index in [0.29, 0.717) is 12.4 Å². The van der Waals surface area contributed by atoms with Crippen LogP contribution in [0, 0.1) is 0 Å². The molecule has 0 saturated carbocycles. The van der Waals surface area contributed by atoms with E-state index >= 15 is 0 Å². The molecule has 0 bridgehead atoms. The molecule has 0 aromatic carbocycles. The van der Waals surface area contributed by atoms with Crippen molar-refractivity contribution >= 4 is 0 Å². The highest BCUT2D eigenvalue weighted by Gasteiger charge is 2.11. The van der Waals surface area contributed by atoms with Crippen molar-refractivity contribution in [1.82, 2.24) is 20.1 Å². The molecule has 1 saturated heterocycles. The zero-order chi connectivity index (χ0) is 9.10. The maximum Gasteiger partial charge on any atom is 0.361 e. The molecule has 13 heavy (non-hydrogen) atoms. The lowest BCUT2D eigenvalue weighted by Gasteiger charge is -2.25. The van der Waals surface area contributed by atoms with Crippen molar-refractivity contribution in [3.05, 3.63) is 16.3 Å². The van der Waals surface area contributed by atoms with Gasteiger partial charge < -0.3 is 4.74 Å². The van der Waals surface area contributed by atoms with E-state index in [-0.39, 0.29) is 5.69 Å². The number of aromatic nitrogens is 3. The Labute approximate surface area is 74.9 Å². The highest BCUT2D eigenvalue weighted by molar-refractivity contribution is 4.81. The Morgan fingerprint density at radius 1 is 1.38 bits per heavy atom. The Bertz CT molecular complexity index is 312. The summed E-state index contributed by atoms with van der Waals surface area (Å²) in [5.74, 6) is 0.687. The highest BCUT2D eigenvalue weighted by atomic mass is 16.5. The monoisotopic (exact) mass is 184 g/mol. The van der Waals surface area contributed by atoms with Crippen LogP contribution in [0.3, 0.4) is 0 Å². The molecule has 0 amide bonds. The first-order chi connectivity index (χ1) is 6.34. The van der Waals surface area contributed by atoms with Gasteiger partial charge in [-0.05, 0) is 0 Å². The fourth-order valence-electron chi connectivity index (χ4n) is 1.35. The van der Waals surface area contributed by atoms with Crippen molar-refractivity contribution in [1.29, 1.82) is 0 Å². The summed E-state index contributed by atoms with van der Waals surface area (Å²) in [4.78, 5) is 16.6. The quantitative estimate of drug-likeness (QED) is 0.613. The molecule has 2 N–H and O–H groups in total. The molecule has 0 atom stereocenters. The maximum absolute atomic E-state index is 10.7. The number of hydrogen-bond donors (Lipinski definition) is 2. The van der Waals surface area contributed by atoms with Gasteiger partial charge in [0.25, 0.3) is 0 Å². The standard InChI is InChI=1S/C7H12N4O2/c12-7-8-6(9-10-7)5-11-1-3-13-4-2-11/h1-5H2,(H2,8,9,10,12). The van der Waals surface area contributed by atoms with E-state index < -0.39 is 0 Å². The van der Waals surface area contributed by atoms with Gasteiger partial charge in [0.1, 0.15) is 5.82 Å². The first-order valence-corrected chi connectivity index (χ1v) is 4.28. The van der Waals surface area contributed by atoms with Crippen LogP contribution in [0.15, 0.2) is 4.79 Å². The predicted molar refractivity (Wildman–Crippen MR) is 45.3 cm³/mol. The lowest BCUT2D eigenvalue weighted by Crippen LogP contribution is -2.36. The van der Waals surface area contributed by atoms with Gasteiger partial charge in [0.05, 0.1) is 19.8 Å². The topological polar surface area (TPSA) is 74.0 Å². The molecule has 1 aliphatic rings. The molecular weight excluding hydrogens is 172 g/mol. The molecule has 6 nitrogen and oxygen atoms in total. The van der Waals surface area contributed by atoms with Gasteiger partial charge in [-0.1, -0.05) is 0 Å². The van der Waals surface area contributed by atoms with E-state index in [0.717, 1.165) is 26.3 Å². The van der Waals surface area contributed by atoms with Gasteiger partial charge in [-0.25, -0.2) is 9.89 Å². The summed E-state index contributed by atoms with van der Waals surface area (Å²) in [6.45, 7) is 4.00. The largest absolute Gasteiger partial charge is 0.379 e. The van der Waals surface area contributed by atoms with Crippen LogP contribution in [0.4, 0.5) is 0 Å². The molecule has 1 fully saturated rings. The molecule has 0 radical (unpaired) electrons. The Morgan fingerprint density at radius 3 is 2.77 bits per heavy atom. The lowest BCUT2D eigenvalue weighted by atomic mass is 10.4. The molecule has 1 aliphatic heterocycles. The summed E-state index contributed by atoms with van der Waals surface area (Å²) >= 11 is 0. The second kappa shape index (κ2) is 3.71. The highest BCUT2D eigenvalue weighted by Crippen LogP contribution is 2.00. The normalized spacial score (nSPS) is 19.1. The number of H-pyrrole nitrogens is 2. The summed E-state index contributed by atoms with van der Waals surface area (Å²) in [5, 5.41) is 5.13. The molecule has 2 heterocycles. The molecule has 1 aromatic rings. The molecule has 2 rings (SSSR count). The summed E-state index contributed by atoms with van der Waals surface area (Å²) in [6.07, 6.45) is 0. The van der Waals surface area contributed by atoms with Crippen LogP contribution >= 0.6 is 0 Å². The van der Waals surface area contributed by atoms with Gasteiger partial charge in [0.15, 0.2) is 0 Å². The Kier molecular flexibility index (Phi) is 2.42. The lowest BCUT2D eigenvalue weighted by molar-refractivity contribution is 0.0331. The number of hydrogen-bond acceptors (Lipinski definition) is 4. The molecule has 1 aromatic heterocycles. The Morgan fingerprint density at radius 2 is 2.15 bits per heavy atom. The number of ether oxygens (including phenoxy) is 1. The van der Waals surface area contributed by atoms with Crippen molar-refractivity contribution in [2.45, 2.75) is 6.54 Å². The van der Waals surface area contributed by atoms with E-state index in [1.807, 2.05) is 0 Å². The number of rotatable bonds is 2. The van der Waals surface area contributed by atoms with E-state index in [1.165, 1.54) is 0 Å². The minimum atomic E-state index is -0.316. The molecule has 0 spiro atoms. The fraction of sp³-hybridized carbons (Fsp3) is 0.714. The fourth-order valence-corrected chi connectivity index (χ4v) is 1.35. The SMILES string of the molecule is O=c1nc(CN2CCOCC2)[nH][nH]1. The smallest absolute Gasteiger partial charge is 0.361 e. The average molecular weight is 184 g/mol. The van der Waals surface area contributed by atoms with Gasteiger partial charge >= 0.3 is 5.69 Å². The van der Waals surface area contributed by atoms with E-state index in [4.69, 9.17) is 4.74 Å². The third-order valence-electron chi connectivity index (χ3n) is 2.03. The van der Waals surface area contributed by atoms with E-state index in [1.54, 1.807) is 0 Å². The number of aromatic amines is 2. The average Bonchev–Trinajstić information content (AvgIpc) is 2.53. The molecule has 0 unspecified atom stereocenters. The second-order valence-electron chi connectivity index (χ2n) is 3.00. The van der Waals surface area contributed by atoms with E-state index in [2.05, 4.69) is 20.1 Å². The summed E-state index contributed by atoms with van der Waals surface area (Å²) in [5.41, 5.74) is -0.316. The van der Waals surface area contributed by atoms with Crippen molar-refractivity contribution < 1.29 is 4.74 Å². The van der Waals surface area contributed by atoms with Gasteiger partial charge in [-0.2, -0.15) is 4.98 Å². The van der Waals surface area contributed by atoms with Gasteiger partial charge in [0.2, 0.25) is 0 Å². The zero-order valence-corrected chi connectivity index (χ0v) is 7.25. The first-order valence-electron chi connectivity index (χ1n) is 4.28. The van der Waals surface area contributed by atoms with Crippen molar-refractivity contribution in [2.24, 2.45) is 0 Å². The van der Waals surface area contributed by atoms with Crippen LogP contribution in [-0.4, -0.2) is 46.4 Å². The van der Waals surface area contributed by atoms with Crippen LogP contribution < -0.4 is 5.69 Å². The van der Waals surface area contributed by atoms with Gasteiger partial charge in [-0.15, -0.1) is 0 Å². The summed E-state index contributed by atoms with van der Waals surface area (Å²) in [6, 6.07) is 0. The second-order valence-corrected chi connectivity index (χ2v) is 3.00. The van der Waals surface area contributed by atoms with Crippen molar-refractivity contribution in [3.8, 4) is 0 Å². The third-order valence-corrected chi connectivity index (χ3v) is 2.03. The van der Waals surface area contributed by atoms with Crippen LogP contribution in [0.2, 0.25) is 0 Å². The Balaban J connectivity index is 1.93. The number of nitrogens with zero attached hydrogens (tertiary/aromatic N) is 2. The molecule has 6 heteroatoms. The predicted octanol–water partition coefficient (Wildman–Crippen LogP) is -1.07. The van der Waals surface area contributed by atoms with Crippen molar-refractivity contribution in [3.63, 3.8) is 0 Å². The third kappa shape index (κ3) is 2.16. The van der Waals surface area contributed by atoms with Crippen LogP contribution in [0.25, 0.3) is 0 Å². The summed E-state index contributed by atoms with van der Waals surface area (Å²) in [7, 11) is 0. The number of nitrogens with one attached hydrogen (secondary N) is 2. The van der Waals surface area contributed by atoms with E-state index in [9.17, 15) is 4.79 Å². The van der Waals surface area contributed by atoms with Crippen LogP contribution in [0.1, 0.15) is 5.82 Å². The van der Waals surface area contributed by atoms with Crippen LogP contribution in [-0.2, 0) is 11.3 Å². The zero-order valence-electron chi connectivity index (χ0n) is 7.25. The van der Waals surface area contributed by atoms with Crippen LogP contribution in [0.5, 0.6) is 0 Å². The molecular formula is C7H12N4O2. The minimum absolute atomic E-state index is 0.316. The number of morpholine rings is 1. The maximum atomic E-state index is 10.7. The van der Waals surface area contributed by atoms with Gasteiger partial charge in [0, 0.05) is 13.1 Å². The minimum Gasteiger partial charge on any atom is -0.379 e. The molecule has 72 valence electrons. The first kappa shape index (κ1) is 8.46. The Hall–Kier alpha value is -1.14. The molecule has 0 aliphatic carbocycles.